The van der Waals surface area contributed by atoms with Gasteiger partial charge in [-0.2, -0.15) is 5.10 Å². The van der Waals surface area contributed by atoms with Gasteiger partial charge in [0.1, 0.15) is 11.5 Å². The molecule has 0 aliphatic carbocycles. The number of halogens is 1. The third-order valence-corrected chi connectivity index (χ3v) is 5.02. The van der Waals surface area contributed by atoms with E-state index in [1.54, 1.807) is 12.1 Å². The van der Waals surface area contributed by atoms with Gasteiger partial charge in [-0.15, -0.1) is 11.3 Å². The predicted octanol–water partition coefficient (Wildman–Crippen LogP) is 5.58. The molecule has 0 spiro atoms. The number of thiophene rings is 1. The molecule has 4 rings (SSSR count). The van der Waals surface area contributed by atoms with Crippen LogP contribution in [0.15, 0.2) is 75.6 Å². The fourth-order valence-electron chi connectivity index (χ4n) is 2.59. The summed E-state index contributed by atoms with van der Waals surface area (Å²) in [5, 5.41) is 7.39. The Morgan fingerprint density at radius 1 is 1.12 bits per heavy atom. The Morgan fingerprint density at radius 3 is 2.88 bits per heavy atom. The lowest BCUT2D eigenvalue weighted by atomic mass is 10.2. The average molecular weight is 381 g/mol. The van der Waals surface area contributed by atoms with Crippen molar-refractivity contribution in [3.05, 3.63) is 82.4 Å². The lowest BCUT2D eigenvalue weighted by molar-refractivity contribution is 0.0957. The number of hydrogen-bond acceptors (Lipinski definition) is 4. The molecule has 0 bridgehead atoms. The van der Waals surface area contributed by atoms with Crippen molar-refractivity contribution in [1.29, 1.82) is 0 Å². The first-order valence-corrected chi connectivity index (χ1v) is 9.12. The van der Waals surface area contributed by atoms with E-state index in [0.29, 0.717) is 22.1 Å². The highest BCUT2D eigenvalue weighted by Gasteiger charge is 2.11. The number of carbonyl (C=O) groups excluding carboxylic acids is 1. The lowest BCUT2D eigenvalue weighted by Gasteiger charge is -1.98. The second-order valence-corrected chi connectivity index (χ2v) is 6.90. The van der Waals surface area contributed by atoms with Crippen molar-refractivity contribution >= 4 is 45.1 Å². The third-order valence-electron chi connectivity index (χ3n) is 3.82. The molecular formula is C20H13ClN2O2S. The van der Waals surface area contributed by atoms with Crippen LogP contribution in [0, 0.1) is 0 Å². The van der Waals surface area contributed by atoms with Crippen molar-refractivity contribution < 1.29 is 9.21 Å². The molecule has 26 heavy (non-hydrogen) atoms. The minimum absolute atomic E-state index is 0.250. The van der Waals surface area contributed by atoms with Gasteiger partial charge < -0.3 is 4.42 Å². The van der Waals surface area contributed by atoms with Crippen LogP contribution in [0.25, 0.3) is 21.4 Å². The molecule has 2 aromatic carbocycles. The summed E-state index contributed by atoms with van der Waals surface area (Å²) in [5.41, 5.74) is 4.03. The number of amides is 1. The van der Waals surface area contributed by atoms with Gasteiger partial charge in [0.15, 0.2) is 0 Å². The molecule has 0 saturated heterocycles. The van der Waals surface area contributed by atoms with Crippen LogP contribution in [0.4, 0.5) is 0 Å². The standard InChI is InChI=1S/C20H13ClN2O2S/c21-14-5-3-4-13(10-14)18-9-8-15(25-18)11-22-23-20(24)17-12-26-19-7-2-1-6-16(17)19/h1-12H,(H,23,24)/b22-11+. The van der Waals surface area contributed by atoms with E-state index in [2.05, 4.69) is 10.5 Å². The highest BCUT2D eigenvalue weighted by molar-refractivity contribution is 7.17. The molecular weight excluding hydrogens is 368 g/mol. The molecule has 0 saturated carbocycles. The number of nitrogens with one attached hydrogen (secondary N) is 1. The Bertz CT molecular complexity index is 1110. The van der Waals surface area contributed by atoms with Crippen molar-refractivity contribution in [3.63, 3.8) is 0 Å². The van der Waals surface area contributed by atoms with E-state index in [1.807, 2.05) is 53.9 Å². The van der Waals surface area contributed by atoms with Gasteiger partial charge in [-0.1, -0.05) is 41.9 Å². The molecule has 1 amide bonds. The molecule has 0 aliphatic heterocycles. The summed E-state index contributed by atoms with van der Waals surface area (Å²) in [6.45, 7) is 0. The van der Waals surface area contributed by atoms with Gasteiger partial charge in [0.25, 0.3) is 5.91 Å². The van der Waals surface area contributed by atoms with Crippen molar-refractivity contribution in [2.45, 2.75) is 0 Å². The fraction of sp³-hybridized carbons (Fsp3) is 0. The van der Waals surface area contributed by atoms with Crippen LogP contribution in [0.3, 0.4) is 0 Å². The first-order valence-electron chi connectivity index (χ1n) is 7.86. The summed E-state index contributed by atoms with van der Waals surface area (Å²) in [6.07, 6.45) is 1.47. The van der Waals surface area contributed by atoms with E-state index in [1.165, 1.54) is 17.6 Å². The van der Waals surface area contributed by atoms with Crippen LogP contribution in [0.1, 0.15) is 16.1 Å². The number of carbonyl (C=O) groups is 1. The summed E-state index contributed by atoms with van der Waals surface area (Å²) in [6, 6.07) is 18.8. The van der Waals surface area contributed by atoms with Crippen molar-refractivity contribution in [2.75, 3.05) is 0 Å². The molecule has 4 nitrogen and oxygen atoms in total. The van der Waals surface area contributed by atoms with Crippen molar-refractivity contribution in [2.24, 2.45) is 5.10 Å². The van der Waals surface area contributed by atoms with Crippen molar-refractivity contribution in [3.8, 4) is 11.3 Å². The predicted molar refractivity (Wildman–Crippen MR) is 106 cm³/mol. The second kappa shape index (κ2) is 7.15. The molecule has 0 radical (unpaired) electrons. The van der Waals surface area contributed by atoms with Gasteiger partial charge in [-0.05, 0) is 30.3 Å². The first-order chi connectivity index (χ1) is 12.7. The Balaban J connectivity index is 1.46. The van der Waals surface area contributed by atoms with Crippen LogP contribution in [-0.2, 0) is 0 Å². The van der Waals surface area contributed by atoms with Crippen LogP contribution in [0.2, 0.25) is 5.02 Å². The average Bonchev–Trinajstić information content (AvgIpc) is 3.29. The Labute approximate surface area is 158 Å². The number of fused-ring (bicyclic) bond motifs is 1. The van der Waals surface area contributed by atoms with Crippen LogP contribution < -0.4 is 5.43 Å². The van der Waals surface area contributed by atoms with Gasteiger partial charge >= 0.3 is 0 Å². The number of nitrogens with zero attached hydrogens (tertiary/aromatic N) is 1. The van der Waals surface area contributed by atoms with E-state index in [4.69, 9.17) is 16.0 Å². The molecule has 128 valence electrons. The summed E-state index contributed by atoms with van der Waals surface area (Å²) < 4.78 is 6.78. The maximum Gasteiger partial charge on any atom is 0.272 e. The van der Waals surface area contributed by atoms with E-state index in [-0.39, 0.29) is 5.91 Å². The number of benzene rings is 2. The zero-order valence-corrected chi connectivity index (χ0v) is 15.1. The molecule has 0 unspecified atom stereocenters. The fourth-order valence-corrected chi connectivity index (χ4v) is 3.72. The molecule has 1 N–H and O–H groups in total. The number of furan rings is 1. The zero-order chi connectivity index (χ0) is 17.9. The second-order valence-electron chi connectivity index (χ2n) is 5.56. The number of hydrogen-bond donors (Lipinski definition) is 1. The SMILES string of the molecule is O=C(N/N=C/c1ccc(-c2cccc(Cl)c2)o1)c1csc2ccccc12. The monoisotopic (exact) mass is 380 g/mol. The Kier molecular flexibility index (Phi) is 4.56. The van der Waals surface area contributed by atoms with Gasteiger partial charge in [0, 0.05) is 26.1 Å². The minimum Gasteiger partial charge on any atom is -0.455 e. The maximum absolute atomic E-state index is 12.3. The highest BCUT2D eigenvalue weighted by Crippen LogP contribution is 2.26. The quantitative estimate of drug-likeness (QED) is 0.371. The van der Waals surface area contributed by atoms with E-state index in [0.717, 1.165) is 15.6 Å². The van der Waals surface area contributed by atoms with Gasteiger partial charge in [0.05, 0.1) is 11.8 Å². The van der Waals surface area contributed by atoms with E-state index >= 15 is 0 Å². The summed E-state index contributed by atoms with van der Waals surface area (Å²) in [5.74, 6) is 0.972. The zero-order valence-electron chi connectivity index (χ0n) is 13.5. The normalized spacial score (nSPS) is 11.3. The summed E-state index contributed by atoms with van der Waals surface area (Å²) >= 11 is 7.53. The van der Waals surface area contributed by atoms with Crippen molar-refractivity contribution in [1.82, 2.24) is 5.43 Å². The Hall–Kier alpha value is -2.89. The van der Waals surface area contributed by atoms with Crippen LogP contribution >= 0.6 is 22.9 Å². The molecule has 0 aliphatic rings. The molecule has 0 atom stereocenters. The van der Waals surface area contributed by atoms with E-state index in [9.17, 15) is 4.79 Å². The minimum atomic E-state index is -0.250. The van der Waals surface area contributed by atoms with Gasteiger partial charge in [0.2, 0.25) is 0 Å². The van der Waals surface area contributed by atoms with Crippen LogP contribution in [-0.4, -0.2) is 12.1 Å². The highest BCUT2D eigenvalue weighted by atomic mass is 35.5. The van der Waals surface area contributed by atoms with Gasteiger partial charge in [-0.3, -0.25) is 4.79 Å². The van der Waals surface area contributed by atoms with Crippen LogP contribution in [0.5, 0.6) is 0 Å². The molecule has 0 fully saturated rings. The summed E-state index contributed by atoms with van der Waals surface area (Å²) in [7, 11) is 0. The van der Waals surface area contributed by atoms with Gasteiger partial charge in [-0.25, -0.2) is 5.43 Å². The third kappa shape index (κ3) is 3.40. The maximum atomic E-state index is 12.3. The number of hydrazone groups is 1. The summed E-state index contributed by atoms with van der Waals surface area (Å²) in [4.78, 5) is 12.3. The lowest BCUT2D eigenvalue weighted by Crippen LogP contribution is -2.16. The van der Waals surface area contributed by atoms with E-state index < -0.39 is 0 Å². The smallest absolute Gasteiger partial charge is 0.272 e. The number of rotatable bonds is 4. The molecule has 2 heterocycles. The topological polar surface area (TPSA) is 54.6 Å². The Morgan fingerprint density at radius 2 is 2.00 bits per heavy atom. The molecule has 2 aromatic heterocycles. The molecule has 6 heteroatoms. The first kappa shape index (κ1) is 16.6. The largest absolute Gasteiger partial charge is 0.455 e. The molecule has 4 aromatic rings.